The topological polar surface area (TPSA) is 66.5 Å². The van der Waals surface area contributed by atoms with Crippen LogP contribution in [0.25, 0.3) is 0 Å². The fourth-order valence-electron chi connectivity index (χ4n) is 0.276. The first kappa shape index (κ1) is 7.66. The quantitative estimate of drug-likeness (QED) is 0.304. The fourth-order valence-corrected chi connectivity index (χ4v) is 0.691. The molecule has 0 aliphatic rings. The van der Waals surface area contributed by atoms with Crippen LogP contribution in [-0.4, -0.2) is 25.4 Å². The first-order valence-electron chi connectivity index (χ1n) is 2.24. The summed E-state index contributed by atoms with van der Waals surface area (Å²) in [5.41, 5.74) is 4.57. The summed E-state index contributed by atoms with van der Waals surface area (Å²) in [5, 5.41) is 0. The van der Waals surface area contributed by atoms with Crippen molar-refractivity contribution in [1.82, 2.24) is 0 Å². The smallest absolute Gasteiger partial charge is 0.332 e. The standard InChI is InChI=1S/C4H9NO2Si/c1-2-4(3-5)8(6)7/h1,4,6-8H,3,5H2. The molecule has 1 atom stereocenters. The molecule has 8 heavy (non-hydrogen) atoms. The Kier molecular flexibility index (Phi) is 3.48. The minimum Gasteiger partial charge on any atom is -0.412 e. The number of terminal acetylenes is 1. The summed E-state index contributed by atoms with van der Waals surface area (Å²) in [6, 6.07) is 0. The Morgan fingerprint density at radius 1 is 1.75 bits per heavy atom. The summed E-state index contributed by atoms with van der Waals surface area (Å²) in [4.78, 5) is 17.0. The van der Waals surface area contributed by atoms with Crippen LogP contribution in [0.2, 0.25) is 5.54 Å². The molecule has 0 rings (SSSR count). The minimum absolute atomic E-state index is 0.167. The molecule has 0 bridgehead atoms. The van der Waals surface area contributed by atoms with Crippen molar-refractivity contribution < 1.29 is 9.59 Å². The Morgan fingerprint density at radius 2 is 2.25 bits per heavy atom. The lowest BCUT2D eigenvalue weighted by atomic mass is 10.4. The van der Waals surface area contributed by atoms with E-state index in [4.69, 9.17) is 21.7 Å². The van der Waals surface area contributed by atoms with Gasteiger partial charge in [-0.25, -0.2) is 0 Å². The van der Waals surface area contributed by atoms with Gasteiger partial charge in [0.15, 0.2) is 0 Å². The van der Waals surface area contributed by atoms with Crippen molar-refractivity contribution >= 4 is 9.28 Å². The Balaban J connectivity index is 3.57. The van der Waals surface area contributed by atoms with Crippen molar-refractivity contribution in [1.29, 1.82) is 0 Å². The minimum atomic E-state index is -2.65. The van der Waals surface area contributed by atoms with Crippen LogP contribution in [0.4, 0.5) is 0 Å². The van der Waals surface area contributed by atoms with Crippen LogP contribution >= 0.6 is 0 Å². The van der Waals surface area contributed by atoms with Gasteiger partial charge in [0.25, 0.3) is 0 Å². The second-order valence-electron chi connectivity index (χ2n) is 1.42. The maximum atomic E-state index is 8.48. The highest BCUT2D eigenvalue weighted by Gasteiger charge is 2.13. The van der Waals surface area contributed by atoms with Crippen molar-refractivity contribution in [3.05, 3.63) is 0 Å². The molecule has 0 amide bonds. The third kappa shape index (κ3) is 2.09. The van der Waals surface area contributed by atoms with Crippen LogP contribution in [0.1, 0.15) is 0 Å². The van der Waals surface area contributed by atoms with E-state index in [1.54, 1.807) is 0 Å². The lowest BCUT2D eigenvalue weighted by Gasteiger charge is -2.04. The van der Waals surface area contributed by atoms with E-state index < -0.39 is 14.8 Å². The summed E-state index contributed by atoms with van der Waals surface area (Å²) >= 11 is 0. The van der Waals surface area contributed by atoms with Gasteiger partial charge in [-0.1, -0.05) is 0 Å². The zero-order valence-corrected chi connectivity index (χ0v) is 5.57. The van der Waals surface area contributed by atoms with Gasteiger partial charge in [0, 0.05) is 6.54 Å². The van der Waals surface area contributed by atoms with Crippen molar-refractivity contribution in [2.75, 3.05) is 6.54 Å². The summed E-state index contributed by atoms with van der Waals surface area (Å²) in [6.07, 6.45) is 4.87. The van der Waals surface area contributed by atoms with E-state index in [1.165, 1.54) is 0 Å². The molecule has 0 saturated heterocycles. The van der Waals surface area contributed by atoms with E-state index in [9.17, 15) is 0 Å². The fraction of sp³-hybridized carbons (Fsp3) is 0.500. The van der Waals surface area contributed by atoms with Gasteiger partial charge in [0.1, 0.15) is 0 Å². The normalized spacial score (nSPS) is 13.4. The lowest BCUT2D eigenvalue weighted by molar-refractivity contribution is 0.397. The molecular formula is C4H9NO2Si. The van der Waals surface area contributed by atoms with E-state index in [1.807, 2.05) is 0 Å². The zero-order valence-electron chi connectivity index (χ0n) is 4.41. The van der Waals surface area contributed by atoms with Gasteiger partial charge in [-0.2, -0.15) is 0 Å². The van der Waals surface area contributed by atoms with Crippen molar-refractivity contribution in [2.45, 2.75) is 5.54 Å². The Labute approximate surface area is 50.0 Å². The van der Waals surface area contributed by atoms with Gasteiger partial charge in [0.05, 0.1) is 5.54 Å². The van der Waals surface area contributed by atoms with E-state index in [0.29, 0.717) is 0 Å². The lowest BCUT2D eigenvalue weighted by Crippen LogP contribution is -2.25. The molecule has 0 aromatic carbocycles. The zero-order chi connectivity index (χ0) is 6.57. The van der Waals surface area contributed by atoms with Crippen LogP contribution in [0.5, 0.6) is 0 Å². The van der Waals surface area contributed by atoms with Gasteiger partial charge in [-0.3, -0.25) is 0 Å². The molecule has 0 aromatic rings. The van der Waals surface area contributed by atoms with Crippen LogP contribution in [0, 0.1) is 12.3 Å². The van der Waals surface area contributed by atoms with Gasteiger partial charge >= 0.3 is 9.28 Å². The molecule has 1 unspecified atom stereocenters. The molecule has 0 aromatic heterocycles. The van der Waals surface area contributed by atoms with Crippen LogP contribution in [-0.2, 0) is 0 Å². The van der Waals surface area contributed by atoms with Crippen LogP contribution < -0.4 is 5.73 Å². The monoisotopic (exact) mass is 131 g/mol. The molecule has 0 fully saturated rings. The van der Waals surface area contributed by atoms with E-state index in [0.717, 1.165) is 0 Å². The number of rotatable bonds is 2. The van der Waals surface area contributed by atoms with E-state index in [2.05, 4.69) is 5.92 Å². The molecule has 0 aliphatic heterocycles. The average Bonchev–Trinajstić information content (AvgIpc) is 1.69. The molecule has 0 radical (unpaired) electrons. The third-order valence-corrected chi connectivity index (χ3v) is 2.01. The maximum Gasteiger partial charge on any atom is 0.332 e. The van der Waals surface area contributed by atoms with Gasteiger partial charge in [0.2, 0.25) is 0 Å². The second kappa shape index (κ2) is 3.63. The summed E-state index contributed by atoms with van der Waals surface area (Å²) in [5.74, 6) is 2.19. The Morgan fingerprint density at radius 3 is 2.25 bits per heavy atom. The number of nitrogens with two attached hydrogens (primary N) is 1. The first-order chi connectivity index (χ1) is 3.72. The largest absolute Gasteiger partial charge is 0.412 e. The molecule has 3 nitrogen and oxygen atoms in total. The predicted molar refractivity (Wildman–Crippen MR) is 33.2 cm³/mol. The first-order valence-corrected chi connectivity index (χ1v) is 3.94. The summed E-state index contributed by atoms with van der Waals surface area (Å²) in [6.45, 7) is 0.167. The molecule has 4 heteroatoms. The van der Waals surface area contributed by atoms with Crippen LogP contribution in [0.15, 0.2) is 0 Å². The maximum absolute atomic E-state index is 8.48. The summed E-state index contributed by atoms with van der Waals surface area (Å²) < 4.78 is 0. The highest BCUT2D eigenvalue weighted by atomic mass is 28.3. The van der Waals surface area contributed by atoms with Gasteiger partial charge in [-0.15, -0.1) is 12.3 Å². The van der Waals surface area contributed by atoms with Gasteiger partial charge in [-0.05, 0) is 0 Å². The molecular weight excluding hydrogens is 122 g/mol. The number of hydrogen-bond acceptors (Lipinski definition) is 3. The molecule has 0 aliphatic carbocycles. The number of hydrogen-bond donors (Lipinski definition) is 3. The molecule has 4 N–H and O–H groups in total. The molecule has 46 valence electrons. The van der Waals surface area contributed by atoms with Crippen molar-refractivity contribution in [3.8, 4) is 12.3 Å². The van der Waals surface area contributed by atoms with Crippen LogP contribution in [0.3, 0.4) is 0 Å². The molecule has 0 heterocycles. The molecule has 0 spiro atoms. The van der Waals surface area contributed by atoms with E-state index >= 15 is 0 Å². The van der Waals surface area contributed by atoms with Crippen molar-refractivity contribution in [2.24, 2.45) is 5.73 Å². The second-order valence-corrected chi connectivity index (χ2v) is 3.05. The SMILES string of the molecule is C#CC(CN)[SiH](O)O. The molecule has 0 saturated carbocycles. The van der Waals surface area contributed by atoms with Gasteiger partial charge < -0.3 is 15.3 Å². The highest BCUT2D eigenvalue weighted by molar-refractivity contribution is 6.44. The Hall–Kier alpha value is -0.343. The Bertz CT molecular complexity index is 98.7. The highest BCUT2D eigenvalue weighted by Crippen LogP contribution is 1.98. The van der Waals surface area contributed by atoms with Crippen molar-refractivity contribution in [3.63, 3.8) is 0 Å². The third-order valence-electron chi connectivity index (χ3n) is 0.828. The summed E-state index contributed by atoms with van der Waals surface area (Å²) in [7, 11) is -2.65. The predicted octanol–water partition coefficient (Wildman–Crippen LogP) is -1.85. The average molecular weight is 131 g/mol. The van der Waals surface area contributed by atoms with E-state index in [-0.39, 0.29) is 6.54 Å².